The first-order chi connectivity index (χ1) is 15.3. The second-order valence-corrected chi connectivity index (χ2v) is 7.76. The number of aromatic nitrogens is 2. The molecular weight excluding hydrogens is 436 g/mol. The number of amides is 1. The van der Waals surface area contributed by atoms with E-state index in [2.05, 4.69) is 4.98 Å². The first kappa shape index (κ1) is 25.3. The molecule has 0 saturated heterocycles. The Labute approximate surface area is 192 Å². The molecule has 0 aliphatic heterocycles. The van der Waals surface area contributed by atoms with Gasteiger partial charge in [0.1, 0.15) is 5.82 Å². The number of nitrogen functional groups attached to an aromatic ring is 1. The van der Waals surface area contributed by atoms with Crippen molar-refractivity contribution in [2.45, 2.75) is 52.5 Å². The van der Waals surface area contributed by atoms with Crippen molar-refractivity contribution in [3.05, 3.63) is 43.6 Å². The highest BCUT2D eigenvalue weighted by Gasteiger charge is 2.26. The van der Waals surface area contributed by atoms with Gasteiger partial charge in [-0.3, -0.25) is 19.1 Å². The van der Waals surface area contributed by atoms with Gasteiger partial charge in [0, 0.05) is 18.7 Å². The minimum atomic E-state index is -0.711. The number of nitrogens with one attached hydrogen (secondary N) is 1. The van der Waals surface area contributed by atoms with Gasteiger partial charge in [0.15, 0.2) is 17.2 Å². The van der Waals surface area contributed by atoms with Crippen molar-refractivity contribution in [1.82, 2.24) is 9.55 Å². The Balaban J connectivity index is 2.63. The van der Waals surface area contributed by atoms with Gasteiger partial charge in [-0.1, -0.05) is 44.7 Å². The van der Waals surface area contributed by atoms with Gasteiger partial charge in [0.2, 0.25) is 0 Å². The molecule has 2 aromatic rings. The number of H-pyrrole nitrogens is 1. The summed E-state index contributed by atoms with van der Waals surface area (Å²) in [6.07, 6.45) is 3.96. The summed E-state index contributed by atoms with van der Waals surface area (Å²) in [6, 6.07) is 2.95. The molecule has 0 bridgehead atoms. The Kier molecular flexibility index (Phi) is 9.19. The molecule has 0 aliphatic carbocycles. The number of nitrogens with zero attached hydrogens (tertiary/aromatic N) is 2. The number of unbranched alkanes of at least 4 members (excludes halogenated alkanes) is 3. The normalized spacial score (nSPS) is 10.8. The first-order valence-corrected chi connectivity index (χ1v) is 11.0. The van der Waals surface area contributed by atoms with Gasteiger partial charge in [0.05, 0.1) is 19.2 Å². The average Bonchev–Trinajstić information content (AvgIpc) is 2.76. The summed E-state index contributed by atoms with van der Waals surface area (Å²) >= 11 is 6.29. The number of aromatic amines is 1. The number of halogens is 1. The highest BCUT2D eigenvalue weighted by Crippen LogP contribution is 2.36. The summed E-state index contributed by atoms with van der Waals surface area (Å²) in [5.41, 5.74) is 5.10. The number of carbonyl (C=O) groups excluding carboxylic acids is 1. The maximum atomic E-state index is 13.5. The van der Waals surface area contributed by atoms with E-state index in [9.17, 15) is 14.4 Å². The quantitative estimate of drug-likeness (QED) is 0.489. The molecule has 0 unspecified atom stereocenters. The third kappa shape index (κ3) is 5.45. The molecule has 32 heavy (non-hydrogen) atoms. The van der Waals surface area contributed by atoms with E-state index in [1.165, 1.54) is 35.8 Å². The predicted molar refractivity (Wildman–Crippen MR) is 126 cm³/mol. The number of anilines is 2. The number of rotatable bonds is 11. The molecule has 1 aromatic carbocycles. The average molecular weight is 467 g/mol. The smallest absolute Gasteiger partial charge is 0.330 e. The summed E-state index contributed by atoms with van der Waals surface area (Å²) < 4.78 is 11.8. The van der Waals surface area contributed by atoms with Crippen molar-refractivity contribution in [1.29, 1.82) is 0 Å². The van der Waals surface area contributed by atoms with E-state index in [4.69, 9.17) is 26.8 Å². The van der Waals surface area contributed by atoms with E-state index in [1.807, 2.05) is 13.8 Å². The molecule has 0 atom stereocenters. The summed E-state index contributed by atoms with van der Waals surface area (Å²) in [7, 11) is 2.88. The van der Waals surface area contributed by atoms with Crippen molar-refractivity contribution in [2.24, 2.45) is 0 Å². The van der Waals surface area contributed by atoms with Crippen molar-refractivity contribution >= 4 is 29.0 Å². The van der Waals surface area contributed by atoms with Crippen LogP contribution in [0.4, 0.5) is 11.5 Å². The Morgan fingerprint density at radius 3 is 2.41 bits per heavy atom. The van der Waals surface area contributed by atoms with Gasteiger partial charge in [-0.15, -0.1) is 0 Å². The molecule has 0 spiro atoms. The zero-order valence-corrected chi connectivity index (χ0v) is 19.8. The topological polar surface area (TPSA) is 120 Å². The van der Waals surface area contributed by atoms with Gasteiger partial charge in [-0.25, -0.2) is 4.79 Å². The molecule has 0 radical (unpaired) electrons. The Bertz CT molecular complexity index is 1060. The number of hydrogen-bond donors (Lipinski definition) is 2. The van der Waals surface area contributed by atoms with Gasteiger partial charge in [-0.05, 0) is 25.0 Å². The van der Waals surface area contributed by atoms with E-state index in [0.29, 0.717) is 25.1 Å². The Hall–Kier alpha value is -2.94. The molecule has 1 aromatic heterocycles. The van der Waals surface area contributed by atoms with Crippen LogP contribution in [0.5, 0.6) is 11.5 Å². The minimum Gasteiger partial charge on any atom is -0.493 e. The highest BCUT2D eigenvalue weighted by molar-refractivity contribution is 6.32. The van der Waals surface area contributed by atoms with Crippen LogP contribution < -0.4 is 31.4 Å². The van der Waals surface area contributed by atoms with E-state index >= 15 is 0 Å². The van der Waals surface area contributed by atoms with E-state index in [-0.39, 0.29) is 34.4 Å². The molecule has 0 fully saturated rings. The van der Waals surface area contributed by atoms with Crippen LogP contribution in [0.2, 0.25) is 5.02 Å². The van der Waals surface area contributed by atoms with Gasteiger partial charge in [0.25, 0.3) is 11.5 Å². The summed E-state index contributed by atoms with van der Waals surface area (Å²) in [4.78, 5) is 42.2. The van der Waals surface area contributed by atoms with Crippen LogP contribution in [-0.4, -0.2) is 36.2 Å². The predicted octanol–water partition coefficient (Wildman–Crippen LogP) is 3.43. The molecule has 3 N–H and O–H groups in total. The van der Waals surface area contributed by atoms with E-state index in [0.717, 1.165) is 19.3 Å². The van der Waals surface area contributed by atoms with Crippen molar-refractivity contribution in [2.75, 3.05) is 31.4 Å². The van der Waals surface area contributed by atoms with Gasteiger partial charge >= 0.3 is 5.69 Å². The molecule has 2 rings (SSSR count). The molecule has 0 saturated carbocycles. The summed E-state index contributed by atoms with van der Waals surface area (Å²) in [6.45, 7) is 4.60. The second-order valence-electron chi connectivity index (χ2n) is 7.36. The maximum absolute atomic E-state index is 13.5. The highest BCUT2D eigenvalue weighted by atomic mass is 35.5. The molecule has 1 heterocycles. The summed E-state index contributed by atoms with van der Waals surface area (Å²) in [5.74, 6) is 0.0610. The van der Waals surface area contributed by atoms with E-state index < -0.39 is 17.2 Å². The largest absolute Gasteiger partial charge is 0.493 e. The van der Waals surface area contributed by atoms with Gasteiger partial charge < -0.3 is 20.1 Å². The molecule has 9 nitrogen and oxygen atoms in total. The maximum Gasteiger partial charge on any atom is 0.330 e. The lowest BCUT2D eigenvalue weighted by Gasteiger charge is -2.25. The van der Waals surface area contributed by atoms with Crippen molar-refractivity contribution in [3.63, 3.8) is 0 Å². The number of nitrogens with two attached hydrogens (primary N) is 1. The van der Waals surface area contributed by atoms with Crippen LogP contribution in [0.1, 0.15) is 56.3 Å². The Morgan fingerprint density at radius 1 is 1.12 bits per heavy atom. The lowest BCUT2D eigenvalue weighted by atomic mass is 10.1. The lowest BCUT2D eigenvalue weighted by molar-refractivity contribution is 0.0985. The van der Waals surface area contributed by atoms with E-state index in [1.54, 1.807) is 0 Å². The zero-order valence-electron chi connectivity index (χ0n) is 19.0. The molecule has 176 valence electrons. The number of benzene rings is 1. The molecule has 10 heteroatoms. The molecule has 1 amide bonds. The standard InChI is InChI=1S/C22H31ClN4O5/c1-5-7-9-11-26(17-19(24)27(10-8-6-2)22(30)25-20(17)28)21(29)14-12-15(23)18(32-4)16(13-14)31-3/h12-13H,5-11,24H2,1-4H3,(H,25,28,30). The molecule has 0 aliphatic rings. The third-order valence-corrected chi connectivity index (χ3v) is 5.41. The fraction of sp³-hybridized carbons (Fsp3) is 0.500. The van der Waals surface area contributed by atoms with Crippen LogP contribution in [0, 0.1) is 0 Å². The fourth-order valence-corrected chi connectivity index (χ4v) is 3.70. The number of ether oxygens (including phenoxy) is 2. The third-order valence-electron chi connectivity index (χ3n) is 5.13. The number of hydrogen-bond acceptors (Lipinski definition) is 6. The SMILES string of the molecule is CCCCCN(C(=O)c1cc(Cl)c(OC)c(OC)c1)c1c(N)n(CCCC)c(=O)[nH]c1=O. The lowest BCUT2D eigenvalue weighted by Crippen LogP contribution is -2.41. The monoisotopic (exact) mass is 466 g/mol. The first-order valence-electron chi connectivity index (χ1n) is 10.7. The van der Waals surface area contributed by atoms with Crippen LogP contribution in [0.15, 0.2) is 21.7 Å². The summed E-state index contributed by atoms with van der Waals surface area (Å²) in [5, 5.41) is 0.193. The van der Waals surface area contributed by atoms with Crippen LogP contribution >= 0.6 is 11.6 Å². The number of carbonyl (C=O) groups is 1. The number of methoxy groups -OCH3 is 2. The van der Waals surface area contributed by atoms with Crippen LogP contribution in [-0.2, 0) is 6.54 Å². The molecular formula is C22H31ClN4O5. The van der Waals surface area contributed by atoms with Crippen LogP contribution in [0.3, 0.4) is 0 Å². The van der Waals surface area contributed by atoms with Crippen LogP contribution in [0.25, 0.3) is 0 Å². The van der Waals surface area contributed by atoms with Gasteiger partial charge in [-0.2, -0.15) is 0 Å². The minimum absolute atomic E-state index is 0.0383. The zero-order chi connectivity index (χ0) is 23.8. The second kappa shape index (κ2) is 11.6. The van der Waals surface area contributed by atoms with Crippen molar-refractivity contribution < 1.29 is 14.3 Å². The van der Waals surface area contributed by atoms with Crippen molar-refractivity contribution in [3.8, 4) is 11.5 Å². The fourth-order valence-electron chi connectivity index (χ4n) is 3.41. The Morgan fingerprint density at radius 2 is 1.81 bits per heavy atom.